The molecule has 0 fully saturated rings. The van der Waals surface area contributed by atoms with Crippen LogP contribution in [-0.2, 0) is 13.9 Å². The lowest BCUT2D eigenvalue weighted by molar-refractivity contribution is -0.121. The van der Waals surface area contributed by atoms with E-state index in [4.69, 9.17) is 9.79 Å². The average molecular weight is 452 g/mol. The monoisotopic (exact) mass is 451 g/mol. The number of hydrogen-bond donors (Lipinski definition) is 3. The van der Waals surface area contributed by atoms with Gasteiger partial charge >= 0.3 is 7.82 Å². The largest absolute Gasteiger partial charge is 0.469 e. The Morgan fingerprint density at radius 1 is 0.774 bits per heavy atom. The summed E-state index contributed by atoms with van der Waals surface area (Å²) in [6.07, 6.45) is 32.3. The summed E-state index contributed by atoms with van der Waals surface area (Å²) in [5.74, 6) is -0.172. The fourth-order valence-electron chi connectivity index (χ4n) is 2.30. The summed E-state index contributed by atoms with van der Waals surface area (Å²) in [7, 11) is -4.46. The molecule has 0 aliphatic rings. The van der Waals surface area contributed by atoms with Gasteiger partial charge in [0, 0.05) is 13.0 Å². The molecule has 0 bridgehead atoms. The molecule has 0 spiro atoms. The molecular formula is C24H38NO5P. The van der Waals surface area contributed by atoms with Crippen LogP contribution in [0.2, 0.25) is 0 Å². The number of rotatable bonds is 18. The van der Waals surface area contributed by atoms with E-state index in [1.807, 2.05) is 12.2 Å². The minimum absolute atomic E-state index is 0.0771. The van der Waals surface area contributed by atoms with E-state index in [1.165, 1.54) is 0 Å². The van der Waals surface area contributed by atoms with Crippen molar-refractivity contribution < 1.29 is 23.7 Å². The van der Waals surface area contributed by atoms with E-state index in [0.29, 0.717) is 12.8 Å². The zero-order valence-electron chi connectivity index (χ0n) is 18.6. The minimum Gasteiger partial charge on any atom is -0.354 e. The summed E-state index contributed by atoms with van der Waals surface area (Å²) >= 11 is 0. The van der Waals surface area contributed by atoms with Crippen LogP contribution in [0.3, 0.4) is 0 Å². The van der Waals surface area contributed by atoms with E-state index < -0.39 is 7.82 Å². The summed E-state index contributed by atoms with van der Waals surface area (Å²) in [5.41, 5.74) is 0. The van der Waals surface area contributed by atoms with Gasteiger partial charge in [-0.3, -0.25) is 9.32 Å². The molecule has 0 unspecified atom stereocenters. The van der Waals surface area contributed by atoms with Gasteiger partial charge in [0.05, 0.1) is 6.61 Å². The summed E-state index contributed by atoms with van der Waals surface area (Å²) in [4.78, 5) is 28.5. The molecule has 0 radical (unpaired) electrons. The fourth-order valence-corrected chi connectivity index (χ4v) is 2.63. The Kier molecular flexibility index (Phi) is 19.9. The molecule has 174 valence electrons. The topological polar surface area (TPSA) is 95.9 Å². The molecular weight excluding hydrogens is 413 g/mol. The molecule has 0 aromatic heterocycles. The van der Waals surface area contributed by atoms with E-state index in [0.717, 1.165) is 38.5 Å². The van der Waals surface area contributed by atoms with Crippen LogP contribution in [0, 0.1) is 0 Å². The van der Waals surface area contributed by atoms with Gasteiger partial charge in [0.15, 0.2) is 0 Å². The van der Waals surface area contributed by atoms with E-state index in [9.17, 15) is 9.36 Å². The van der Waals surface area contributed by atoms with Gasteiger partial charge in [0.2, 0.25) is 5.91 Å². The lowest BCUT2D eigenvalue weighted by atomic mass is 10.2. The smallest absolute Gasteiger partial charge is 0.354 e. The van der Waals surface area contributed by atoms with E-state index in [1.54, 1.807) is 0 Å². The van der Waals surface area contributed by atoms with Gasteiger partial charge in [0.1, 0.15) is 0 Å². The maximum Gasteiger partial charge on any atom is 0.469 e. The van der Waals surface area contributed by atoms with Crippen molar-refractivity contribution in [3.8, 4) is 0 Å². The Labute approximate surface area is 187 Å². The van der Waals surface area contributed by atoms with Crippen molar-refractivity contribution in [1.29, 1.82) is 0 Å². The third kappa shape index (κ3) is 26.0. The highest BCUT2D eigenvalue weighted by molar-refractivity contribution is 7.46. The molecule has 7 heteroatoms. The van der Waals surface area contributed by atoms with Crippen LogP contribution in [-0.4, -0.2) is 28.8 Å². The van der Waals surface area contributed by atoms with Crippen molar-refractivity contribution in [2.45, 2.75) is 58.3 Å². The highest BCUT2D eigenvalue weighted by atomic mass is 31.2. The van der Waals surface area contributed by atoms with Crippen LogP contribution >= 0.6 is 7.82 Å². The lowest BCUT2D eigenvalue weighted by Crippen LogP contribution is -2.26. The van der Waals surface area contributed by atoms with E-state index in [-0.39, 0.29) is 19.1 Å². The second-order valence-corrected chi connectivity index (χ2v) is 7.87. The fraction of sp³-hybridized carbons (Fsp3) is 0.458. The van der Waals surface area contributed by atoms with Gasteiger partial charge in [-0.2, -0.15) is 0 Å². The molecule has 0 heterocycles. The molecule has 0 aliphatic heterocycles. The second kappa shape index (κ2) is 21.3. The Morgan fingerprint density at radius 2 is 1.19 bits per heavy atom. The number of carbonyl (C=O) groups is 1. The highest BCUT2D eigenvalue weighted by Crippen LogP contribution is 2.35. The van der Waals surface area contributed by atoms with Gasteiger partial charge in [-0.1, -0.05) is 79.8 Å². The first kappa shape index (κ1) is 29.0. The molecule has 0 aromatic rings. The molecule has 3 N–H and O–H groups in total. The maximum absolute atomic E-state index is 11.5. The number of phosphoric ester groups is 1. The number of hydrogen-bond acceptors (Lipinski definition) is 3. The zero-order valence-corrected chi connectivity index (χ0v) is 19.5. The first-order valence-corrected chi connectivity index (χ1v) is 12.4. The van der Waals surface area contributed by atoms with Crippen LogP contribution in [0.1, 0.15) is 58.3 Å². The van der Waals surface area contributed by atoms with Crippen LogP contribution in [0.15, 0.2) is 72.9 Å². The normalized spacial score (nSPS) is 13.3. The summed E-state index contributed by atoms with van der Waals surface area (Å²) in [6, 6.07) is 0. The summed E-state index contributed by atoms with van der Waals surface area (Å²) in [6.45, 7) is 2.00. The van der Waals surface area contributed by atoms with Crippen LogP contribution in [0.4, 0.5) is 0 Å². The molecule has 0 aliphatic carbocycles. The van der Waals surface area contributed by atoms with Crippen molar-refractivity contribution in [2.24, 2.45) is 0 Å². The molecule has 0 saturated heterocycles. The van der Waals surface area contributed by atoms with Crippen molar-refractivity contribution in [3.05, 3.63) is 72.9 Å². The van der Waals surface area contributed by atoms with Crippen molar-refractivity contribution in [3.63, 3.8) is 0 Å². The molecule has 0 saturated carbocycles. The van der Waals surface area contributed by atoms with E-state index in [2.05, 4.69) is 77.5 Å². The SMILES string of the molecule is CCC=CCC=CCC=CCC=CCC=CC/C=C\CCC(=O)NCCOP(=O)(O)O. The molecule has 1 amide bonds. The number of amides is 1. The van der Waals surface area contributed by atoms with Crippen molar-refractivity contribution in [2.75, 3.05) is 13.2 Å². The number of phosphoric acid groups is 1. The van der Waals surface area contributed by atoms with Crippen molar-refractivity contribution in [1.82, 2.24) is 5.32 Å². The summed E-state index contributed by atoms with van der Waals surface area (Å²) < 4.78 is 14.7. The number of allylic oxidation sites excluding steroid dienone is 12. The summed E-state index contributed by atoms with van der Waals surface area (Å²) in [5, 5.41) is 2.54. The molecule has 0 rings (SSSR count). The number of carbonyl (C=O) groups excluding carboxylic acids is 1. The highest BCUT2D eigenvalue weighted by Gasteiger charge is 2.12. The first-order valence-electron chi connectivity index (χ1n) is 10.8. The quantitative estimate of drug-likeness (QED) is 0.141. The van der Waals surface area contributed by atoms with Gasteiger partial charge in [-0.25, -0.2) is 4.57 Å². The first-order chi connectivity index (χ1) is 15.0. The molecule has 6 nitrogen and oxygen atoms in total. The van der Waals surface area contributed by atoms with Gasteiger partial charge in [-0.05, 0) is 44.9 Å². The Bertz CT molecular complexity index is 671. The predicted octanol–water partition coefficient (Wildman–Crippen LogP) is 5.69. The van der Waals surface area contributed by atoms with E-state index >= 15 is 0 Å². The Hall–Kier alpha value is -1.98. The molecule has 31 heavy (non-hydrogen) atoms. The standard InChI is InChI=1S/C24H38NO5P/c1-2-3-4-5-6-7-8-9-10-11-12-13-14-15-16-17-18-19-20-21-24(26)25-22-23-30-31(27,28)29/h3-4,6-7,9-10,12-13,15-16,18-19H,2,5,8,11,14,17,20-23H2,1H3,(H,25,26)(H2,27,28,29)/b4-3?,7-6?,10-9?,13-12?,16-15?,19-18-. The third-order valence-electron chi connectivity index (χ3n) is 3.82. The Morgan fingerprint density at radius 3 is 1.61 bits per heavy atom. The van der Waals surface area contributed by atoms with Crippen LogP contribution in [0.25, 0.3) is 0 Å². The Balaban J connectivity index is 3.59. The zero-order chi connectivity index (χ0) is 23.0. The average Bonchev–Trinajstić information content (AvgIpc) is 2.72. The third-order valence-corrected chi connectivity index (χ3v) is 4.34. The predicted molar refractivity (Wildman–Crippen MR) is 128 cm³/mol. The number of nitrogens with one attached hydrogen (secondary N) is 1. The maximum atomic E-state index is 11.5. The second-order valence-electron chi connectivity index (χ2n) is 6.63. The molecule has 0 aromatic carbocycles. The molecule has 0 atom stereocenters. The lowest BCUT2D eigenvalue weighted by Gasteiger charge is -2.06. The van der Waals surface area contributed by atoms with Crippen molar-refractivity contribution >= 4 is 13.7 Å². The van der Waals surface area contributed by atoms with Gasteiger partial charge in [-0.15, -0.1) is 0 Å². The van der Waals surface area contributed by atoms with Gasteiger partial charge < -0.3 is 15.1 Å². The minimum atomic E-state index is -4.46. The van der Waals surface area contributed by atoms with Gasteiger partial charge in [0.25, 0.3) is 0 Å². The van der Waals surface area contributed by atoms with Crippen LogP contribution in [0.5, 0.6) is 0 Å². The van der Waals surface area contributed by atoms with Crippen LogP contribution < -0.4 is 5.32 Å².